The van der Waals surface area contributed by atoms with Gasteiger partial charge in [0.25, 0.3) is 5.91 Å². The van der Waals surface area contributed by atoms with Gasteiger partial charge in [0.15, 0.2) is 0 Å². The number of anilines is 1. The lowest BCUT2D eigenvalue weighted by Gasteiger charge is -2.22. The molecule has 1 amide bonds. The summed E-state index contributed by atoms with van der Waals surface area (Å²) in [5.41, 5.74) is 6.85. The van der Waals surface area contributed by atoms with E-state index in [0.29, 0.717) is 16.6 Å². The molecule has 2 heterocycles. The van der Waals surface area contributed by atoms with Crippen LogP contribution in [0.5, 0.6) is 0 Å². The fourth-order valence-corrected chi connectivity index (χ4v) is 4.63. The van der Waals surface area contributed by atoms with Gasteiger partial charge in [-0.25, -0.2) is 0 Å². The van der Waals surface area contributed by atoms with Gasteiger partial charge in [-0.2, -0.15) is 5.10 Å². The fourth-order valence-electron chi connectivity index (χ4n) is 3.14. The van der Waals surface area contributed by atoms with E-state index in [-0.39, 0.29) is 5.91 Å². The Bertz CT molecular complexity index is 983. The quantitative estimate of drug-likeness (QED) is 0.701. The first-order valence-corrected chi connectivity index (χ1v) is 10.0. The van der Waals surface area contributed by atoms with E-state index in [1.165, 1.54) is 11.8 Å². The molecule has 2 aliphatic rings. The Morgan fingerprint density at radius 2 is 1.89 bits per heavy atom. The van der Waals surface area contributed by atoms with Gasteiger partial charge >= 0.3 is 0 Å². The lowest BCUT2D eigenvalue weighted by atomic mass is 10.1. The highest BCUT2D eigenvalue weighted by molar-refractivity contribution is 8.16. The van der Waals surface area contributed by atoms with Gasteiger partial charge in [-0.3, -0.25) is 10.2 Å². The average Bonchev–Trinajstić information content (AvgIpc) is 3.17. The van der Waals surface area contributed by atoms with Crippen molar-refractivity contribution in [2.45, 2.75) is 18.7 Å². The number of nitrogens with zero attached hydrogens (tertiary/aromatic N) is 2. The minimum absolute atomic E-state index is 0.0463. The summed E-state index contributed by atoms with van der Waals surface area (Å²) < 4.78 is 0. The second kappa shape index (κ2) is 6.89. The van der Waals surface area contributed by atoms with Crippen LogP contribution in [0, 0.1) is 0 Å². The Labute approximate surface area is 172 Å². The summed E-state index contributed by atoms with van der Waals surface area (Å²) in [6, 6.07) is 13.0. The van der Waals surface area contributed by atoms with E-state index >= 15 is 0 Å². The smallest absolute Gasteiger partial charge is 0.270 e. The monoisotopic (exact) mass is 417 g/mol. The van der Waals surface area contributed by atoms with Gasteiger partial charge in [-0.15, -0.1) is 0 Å². The molecule has 0 aromatic heterocycles. The molecule has 4 rings (SSSR count). The lowest BCUT2D eigenvalue weighted by molar-refractivity contribution is -0.120. The number of halogens is 2. The summed E-state index contributed by atoms with van der Waals surface area (Å²) >= 11 is 13.6. The molecule has 2 aliphatic heterocycles. The standard InChI is InChI=1S/C20H17Cl2N3OS/c1-12(2)9-10-25-17-8-7-15(22)11-16(17)20(19(25)26)24-23-18(27-20)13-3-5-14(21)6-4-13/h3-9,11,24H,10H2,1-2H3. The van der Waals surface area contributed by atoms with Crippen LogP contribution >= 0.6 is 35.0 Å². The molecule has 0 aliphatic carbocycles. The van der Waals surface area contributed by atoms with Crippen LogP contribution in [0.15, 0.2) is 59.2 Å². The van der Waals surface area contributed by atoms with E-state index in [1.807, 2.05) is 62.4 Å². The number of carbonyl (C=O) groups excluding carboxylic acids is 1. The van der Waals surface area contributed by atoms with Crippen LogP contribution in [0.1, 0.15) is 25.0 Å². The number of rotatable bonds is 3. The maximum atomic E-state index is 13.4. The van der Waals surface area contributed by atoms with Gasteiger partial charge in [0, 0.05) is 27.7 Å². The second-order valence-electron chi connectivity index (χ2n) is 6.68. The van der Waals surface area contributed by atoms with Gasteiger partial charge < -0.3 is 4.90 Å². The molecular formula is C20H17Cl2N3OS. The van der Waals surface area contributed by atoms with Crippen LogP contribution in [0.2, 0.25) is 10.0 Å². The van der Waals surface area contributed by atoms with Crippen molar-refractivity contribution in [2.24, 2.45) is 5.10 Å². The van der Waals surface area contributed by atoms with Gasteiger partial charge in [0.1, 0.15) is 5.04 Å². The average molecular weight is 418 g/mol. The fraction of sp³-hybridized carbons (Fsp3) is 0.200. The largest absolute Gasteiger partial charge is 0.305 e. The lowest BCUT2D eigenvalue weighted by Crippen LogP contribution is -2.44. The molecule has 4 nitrogen and oxygen atoms in total. The number of allylic oxidation sites excluding steroid dienone is 1. The first kappa shape index (κ1) is 18.4. The molecule has 0 fully saturated rings. The Morgan fingerprint density at radius 3 is 2.59 bits per heavy atom. The predicted molar refractivity (Wildman–Crippen MR) is 114 cm³/mol. The Balaban J connectivity index is 1.73. The third-order valence-corrected chi connectivity index (χ3v) is 6.31. The van der Waals surface area contributed by atoms with Crippen molar-refractivity contribution in [3.63, 3.8) is 0 Å². The van der Waals surface area contributed by atoms with E-state index < -0.39 is 4.87 Å². The van der Waals surface area contributed by atoms with E-state index in [1.54, 1.807) is 4.90 Å². The Kier molecular flexibility index (Phi) is 4.70. The summed E-state index contributed by atoms with van der Waals surface area (Å²) in [7, 11) is 0. The highest BCUT2D eigenvalue weighted by atomic mass is 35.5. The first-order chi connectivity index (χ1) is 12.9. The predicted octanol–water partition coefficient (Wildman–Crippen LogP) is 5.16. The maximum absolute atomic E-state index is 13.4. The zero-order chi connectivity index (χ0) is 19.2. The molecule has 0 saturated carbocycles. The summed E-state index contributed by atoms with van der Waals surface area (Å²) in [4.78, 5) is 14.2. The van der Waals surface area contributed by atoms with Gasteiger partial charge in [0.2, 0.25) is 4.87 Å². The van der Waals surface area contributed by atoms with E-state index in [4.69, 9.17) is 23.2 Å². The number of carbonyl (C=O) groups is 1. The van der Waals surface area contributed by atoms with Crippen LogP contribution in [0.3, 0.4) is 0 Å². The molecule has 1 N–H and O–H groups in total. The highest BCUT2D eigenvalue weighted by Crippen LogP contribution is 2.51. The number of benzene rings is 2. The van der Waals surface area contributed by atoms with Crippen molar-refractivity contribution >= 4 is 51.6 Å². The molecule has 0 bridgehead atoms. The second-order valence-corrected chi connectivity index (χ2v) is 8.75. The van der Waals surface area contributed by atoms with Crippen molar-refractivity contribution in [1.82, 2.24) is 5.43 Å². The van der Waals surface area contributed by atoms with Gasteiger partial charge in [-0.1, -0.05) is 58.7 Å². The number of nitrogens with one attached hydrogen (secondary N) is 1. The third kappa shape index (κ3) is 3.14. The zero-order valence-corrected chi connectivity index (χ0v) is 17.1. The number of thioether (sulfide) groups is 1. The van der Waals surface area contributed by atoms with Crippen molar-refractivity contribution in [1.29, 1.82) is 0 Å². The number of fused-ring (bicyclic) bond motifs is 2. The molecule has 2 aromatic carbocycles. The van der Waals surface area contributed by atoms with Crippen molar-refractivity contribution < 1.29 is 4.79 Å². The number of hydrogen-bond donors (Lipinski definition) is 1. The molecule has 1 unspecified atom stereocenters. The van der Waals surface area contributed by atoms with E-state index in [0.717, 1.165) is 27.4 Å². The van der Waals surface area contributed by atoms with E-state index in [2.05, 4.69) is 10.5 Å². The Morgan fingerprint density at radius 1 is 1.19 bits per heavy atom. The van der Waals surface area contributed by atoms with Crippen molar-refractivity contribution in [2.75, 3.05) is 11.4 Å². The van der Waals surface area contributed by atoms with Crippen molar-refractivity contribution in [3.8, 4) is 0 Å². The minimum Gasteiger partial charge on any atom is -0.305 e. The Hall–Kier alpha value is -1.95. The van der Waals surface area contributed by atoms with Crippen LogP contribution in [0.4, 0.5) is 5.69 Å². The van der Waals surface area contributed by atoms with Crippen LogP contribution in [-0.2, 0) is 9.67 Å². The molecule has 1 atom stereocenters. The van der Waals surface area contributed by atoms with Crippen molar-refractivity contribution in [3.05, 3.63) is 75.3 Å². The van der Waals surface area contributed by atoms with Gasteiger partial charge in [-0.05, 0) is 44.2 Å². The summed E-state index contributed by atoms with van der Waals surface area (Å²) in [6.07, 6.45) is 2.04. The van der Waals surface area contributed by atoms with E-state index in [9.17, 15) is 4.79 Å². The first-order valence-electron chi connectivity index (χ1n) is 8.46. The number of amides is 1. The maximum Gasteiger partial charge on any atom is 0.270 e. The molecule has 138 valence electrons. The molecule has 7 heteroatoms. The molecule has 0 radical (unpaired) electrons. The normalized spacial score (nSPS) is 20.5. The topological polar surface area (TPSA) is 44.7 Å². The number of hydrogen-bond acceptors (Lipinski definition) is 4. The molecule has 1 spiro atoms. The zero-order valence-electron chi connectivity index (χ0n) is 14.8. The van der Waals surface area contributed by atoms with Crippen LogP contribution in [-0.4, -0.2) is 17.5 Å². The molecular weight excluding hydrogens is 401 g/mol. The summed E-state index contributed by atoms with van der Waals surface area (Å²) in [5, 5.41) is 6.45. The summed E-state index contributed by atoms with van der Waals surface area (Å²) in [6.45, 7) is 4.54. The number of hydrazone groups is 1. The minimum atomic E-state index is -0.995. The third-order valence-electron chi connectivity index (χ3n) is 4.51. The molecule has 0 saturated heterocycles. The van der Waals surface area contributed by atoms with Crippen LogP contribution in [0.25, 0.3) is 0 Å². The SMILES string of the molecule is CC(C)=CCN1C(=O)C2(NN=C(c3ccc(Cl)cc3)S2)c2cc(Cl)ccc21. The highest BCUT2D eigenvalue weighted by Gasteiger charge is 2.55. The van der Waals surface area contributed by atoms with Gasteiger partial charge in [0.05, 0.1) is 5.69 Å². The van der Waals surface area contributed by atoms with Crippen LogP contribution < -0.4 is 10.3 Å². The molecule has 2 aromatic rings. The molecule has 27 heavy (non-hydrogen) atoms. The summed E-state index contributed by atoms with van der Waals surface area (Å²) in [5.74, 6) is -0.0463.